The highest BCUT2D eigenvalue weighted by Crippen LogP contribution is 2.43. The van der Waals surface area contributed by atoms with Crippen LogP contribution in [0.15, 0.2) is 24.3 Å². The fourth-order valence-electron chi connectivity index (χ4n) is 4.29. The topological polar surface area (TPSA) is 32.7 Å². The molecule has 0 aliphatic carbocycles. The van der Waals surface area contributed by atoms with Crippen LogP contribution in [0.3, 0.4) is 0 Å². The summed E-state index contributed by atoms with van der Waals surface area (Å²) in [5.41, 5.74) is 0.539. The predicted molar refractivity (Wildman–Crippen MR) is 84.4 cm³/mol. The van der Waals surface area contributed by atoms with Gasteiger partial charge in [-0.25, -0.2) is 0 Å². The van der Waals surface area contributed by atoms with Crippen LogP contribution in [0.25, 0.3) is 0 Å². The summed E-state index contributed by atoms with van der Waals surface area (Å²) >= 11 is 0. The summed E-state index contributed by atoms with van der Waals surface area (Å²) in [5, 5.41) is 11.0. The van der Waals surface area contributed by atoms with Crippen molar-refractivity contribution in [1.29, 1.82) is 0 Å². The molecule has 3 rings (SSSR count). The molecule has 3 nitrogen and oxygen atoms in total. The SMILES string of the molecule is CC1CC(C)CN(C2C(O)c3ccccc3OC2(C)C)C1. The summed E-state index contributed by atoms with van der Waals surface area (Å²) in [7, 11) is 0. The van der Waals surface area contributed by atoms with Gasteiger partial charge in [0, 0.05) is 18.7 Å². The Balaban J connectivity index is 1.94. The van der Waals surface area contributed by atoms with E-state index in [2.05, 4.69) is 32.6 Å². The lowest BCUT2D eigenvalue weighted by Crippen LogP contribution is -2.60. The van der Waals surface area contributed by atoms with Crippen LogP contribution in [0.4, 0.5) is 0 Å². The average molecular weight is 289 g/mol. The fourth-order valence-corrected chi connectivity index (χ4v) is 4.29. The van der Waals surface area contributed by atoms with Gasteiger partial charge in [-0.2, -0.15) is 0 Å². The van der Waals surface area contributed by atoms with E-state index in [-0.39, 0.29) is 11.6 Å². The van der Waals surface area contributed by atoms with Gasteiger partial charge in [0.1, 0.15) is 17.5 Å². The second-order valence-corrected chi connectivity index (χ2v) is 7.53. The van der Waals surface area contributed by atoms with E-state index in [0.29, 0.717) is 11.8 Å². The maximum absolute atomic E-state index is 11.0. The summed E-state index contributed by atoms with van der Waals surface area (Å²) in [5.74, 6) is 2.17. The number of benzene rings is 1. The largest absolute Gasteiger partial charge is 0.486 e. The number of nitrogens with zero attached hydrogens (tertiary/aromatic N) is 1. The van der Waals surface area contributed by atoms with Crippen molar-refractivity contribution in [3.63, 3.8) is 0 Å². The molecular formula is C18H27NO2. The first-order chi connectivity index (χ1) is 9.88. The Hall–Kier alpha value is -1.06. The molecule has 1 N–H and O–H groups in total. The van der Waals surface area contributed by atoms with E-state index in [0.717, 1.165) is 24.4 Å². The summed E-state index contributed by atoms with van der Waals surface area (Å²) in [6.07, 6.45) is 0.791. The normalized spacial score (nSPS) is 35.9. The smallest absolute Gasteiger partial charge is 0.126 e. The van der Waals surface area contributed by atoms with E-state index in [9.17, 15) is 5.11 Å². The Kier molecular flexibility index (Phi) is 3.74. The lowest BCUT2D eigenvalue weighted by molar-refractivity contribution is -0.0975. The zero-order chi connectivity index (χ0) is 15.2. The van der Waals surface area contributed by atoms with Crippen molar-refractivity contribution in [3.8, 4) is 5.75 Å². The maximum atomic E-state index is 11.0. The Labute approximate surface area is 127 Å². The minimum absolute atomic E-state index is 0.0117. The maximum Gasteiger partial charge on any atom is 0.126 e. The van der Waals surface area contributed by atoms with Gasteiger partial charge in [0.15, 0.2) is 0 Å². The van der Waals surface area contributed by atoms with Gasteiger partial charge in [-0.1, -0.05) is 32.0 Å². The number of aliphatic hydroxyl groups is 1. The van der Waals surface area contributed by atoms with E-state index in [4.69, 9.17) is 4.74 Å². The quantitative estimate of drug-likeness (QED) is 0.861. The molecule has 1 aromatic carbocycles. The van der Waals surface area contributed by atoms with E-state index < -0.39 is 6.10 Å². The molecule has 0 bridgehead atoms. The fraction of sp³-hybridized carbons (Fsp3) is 0.667. The number of para-hydroxylation sites is 1. The van der Waals surface area contributed by atoms with Gasteiger partial charge < -0.3 is 9.84 Å². The van der Waals surface area contributed by atoms with Crippen LogP contribution in [0.5, 0.6) is 5.75 Å². The molecule has 2 aliphatic heterocycles. The molecule has 4 atom stereocenters. The van der Waals surface area contributed by atoms with Gasteiger partial charge in [0.25, 0.3) is 0 Å². The van der Waals surface area contributed by atoms with Crippen LogP contribution >= 0.6 is 0 Å². The third-order valence-electron chi connectivity index (χ3n) is 4.91. The number of ether oxygens (including phenoxy) is 1. The van der Waals surface area contributed by atoms with E-state index in [1.807, 2.05) is 24.3 Å². The Morgan fingerprint density at radius 3 is 2.43 bits per heavy atom. The van der Waals surface area contributed by atoms with Crippen molar-refractivity contribution in [3.05, 3.63) is 29.8 Å². The molecule has 0 aromatic heterocycles. The summed E-state index contributed by atoms with van der Waals surface area (Å²) in [6.45, 7) is 10.9. The number of hydrogen-bond donors (Lipinski definition) is 1. The minimum atomic E-state index is -0.484. The Bertz CT molecular complexity index is 504. The average Bonchev–Trinajstić information content (AvgIpc) is 2.36. The van der Waals surface area contributed by atoms with Crippen molar-refractivity contribution in [2.75, 3.05) is 13.1 Å². The highest BCUT2D eigenvalue weighted by atomic mass is 16.5. The molecule has 2 aliphatic rings. The van der Waals surface area contributed by atoms with Gasteiger partial charge in [0.05, 0.1) is 6.04 Å². The zero-order valence-electron chi connectivity index (χ0n) is 13.5. The van der Waals surface area contributed by atoms with Crippen molar-refractivity contribution < 1.29 is 9.84 Å². The Morgan fingerprint density at radius 2 is 1.76 bits per heavy atom. The standard InChI is InChI=1S/C18H27NO2/c1-12-9-13(2)11-19(10-12)17-16(20)14-7-5-6-8-15(14)21-18(17,3)4/h5-8,12-13,16-17,20H,9-11H2,1-4H3. The van der Waals surface area contributed by atoms with Crippen LogP contribution in [-0.4, -0.2) is 34.7 Å². The van der Waals surface area contributed by atoms with E-state index in [1.165, 1.54) is 6.42 Å². The van der Waals surface area contributed by atoms with E-state index >= 15 is 0 Å². The van der Waals surface area contributed by atoms with Crippen LogP contribution in [0.2, 0.25) is 0 Å². The molecule has 116 valence electrons. The molecule has 0 amide bonds. The molecule has 2 heterocycles. The summed E-state index contributed by atoms with van der Waals surface area (Å²) in [6, 6.07) is 7.89. The highest BCUT2D eigenvalue weighted by Gasteiger charge is 2.47. The van der Waals surface area contributed by atoms with Crippen molar-refractivity contribution in [2.24, 2.45) is 11.8 Å². The summed E-state index contributed by atoms with van der Waals surface area (Å²) < 4.78 is 6.22. The molecule has 0 radical (unpaired) electrons. The van der Waals surface area contributed by atoms with Crippen LogP contribution in [0.1, 0.15) is 45.8 Å². The number of piperidine rings is 1. The first-order valence-corrected chi connectivity index (χ1v) is 8.08. The lowest BCUT2D eigenvalue weighted by atomic mass is 9.81. The van der Waals surface area contributed by atoms with Crippen molar-refractivity contribution in [1.82, 2.24) is 4.90 Å². The molecule has 3 heteroatoms. The third-order valence-corrected chi connectivity index (χ3v) is 4.91. The van der Waals surface area contributed by atoms with Gasteiger partial charge >= 0.3 is 0 Å². The summed E-state index contributed by atoms with van der Waals surface area (Å²) in [4.78, 5) is 2.44. The second kappa shape index (κ2) is 5.29. The third kappa shape index (κ3) is 2.69. The van der Waals surface area contributed by atoms with Crippen LogP contribution < -0.4 is 4.74 Å². The first kappa shape index (κ1) is 14.9. The van der Waals surface area contributed by atoms with Gasteiger partial charge in [-0.05, 0) is 38.2 Å². The molecule has 1 saturated heterocycles. The first-order valence-electron chi connectivity index (χ1n) is 8.08. The molecule has 1 aromatic rings. The molecule has 1 fully saturated rings. The minimum Gasteiger partial charge on any atom is -0.486 e. The van der Waals surface area contributed by atoms with Crippen LogP contribution in [-0.2, 0) is 0 Å². The zero-order valence-corrected chi connectivity index (χ0v) is 13.5. The Morgan fingerprint density at radius 1 is 1.14 bits per heavy atom. The number of rotatable bonds is 1. The lowest BCUT2D eigenvalue weighted by Gasteiger charge is -2.50. The molecule has 0 spiro atoms. The molecular weight excluding hydrogens is 262 g/mol. The monoisotopic (exact) mass is 289 g/mol. The predicted octanol–water partition coefficient (Wildman–Crippen LogP) is 3.24. The molecule has 21 heavy (non-hydrogen) atoms. The molecule has 4 unspecified atom stereocenters. The number of aliphatic hydroxyl groups excluding tert-OH is 1. The van der Waals surface area contributed by atoms with Crippen LogP contribution in [0, 0.1) is 11.8 Å². The number of fused-ring (bicyclic) bond motifs is 1. The number of likely N-dealkylation sites (tertiary alicyclic amines) is 1. The second-order valence-electron chi connectivity index (χ2n) is 7.53. The highest BCUT2D eigenvalue weighted by molar-refractivity contribution is 5.39. The van der Waals surface area contributed by atoms with Crippen molar-refractivity contribution in [2.45, 2.75) is 51.9 Å². The number of hydrogen-bond acceptors (Lipinski definition) is 3. The molecule has 0 saturated carbocycles. The van der Waals surface area contributed by atoms with E-state index in [1.54, 1.807) is 0 Å². The van der Waals surface area contributed by atoms with Crippen molar-refractivity contribution >= 4 is 0 Å². The van der Waals surface area contributed by atoms with Gasteiger partial charge in [-0.3, -0.25) is 4.90 Å². The van der Waals surface area contributed by atoms with Gasteiger partial charge in [0.2, 0.25) is 0 Å². The van der Waals surface area contributed by atoms with Gasteiger partial charge in [-0.15, -0.1) is 0 Å².